The molecule has 4 nitrogen and oxygen atoms in total. The molecule has 0 bridgehead atoms. The van der Waals surface area contributed by atoms with Crippen LogP contribution >= 0.6 is 0 Å². The third-order valence-electron chi connectivity index (χ3n) is 1.47. The van der Waals surface area contributed by atoms with Crippen molar-refractivity contribution in [3.05, 3.63) is 29.6 Å². The third kappa shape index (κ3) is 1.47. The molecule has 0 saturated carbocycles. The molecule has 0 atom stereocenters. The van der Waals surface area contributed by atoms with E-state index < -0.39 is 5.91 Å². The van der Waals surface area contributed by atoms with Crippen LogP contribution in [-0.2, 0) is 0 Å². The highest BCUT2D eigenvalue weighted by molar-refractivity contribution is 6.06. The Morgan fingerprint density at radius 3 is 2.50 bits per heavy atom. The molecule has 0 spiro atoms. The van der Waals surface area contributed by atoms with E-state index in [1.165, 1.54) is 25.4 Å². The van der Waals surface area contributed by atoms with Gasteiger partial charge in [0.05, 0.1) is 5.56 Å². The molecule has 4 heteroatoms. The van der Waals surface area contributed by atoms with Crippen molar-refractivity contribution < 1.29 is 9.59 Å². The molecular formula is C8H8N2O2. The van der Waals surface area contributed by atoms with Crippen molar-refractivity contribution in [3.8, 4) is 0 Å². The summed E-state index contributed by atoms with van der Waals surface area (Å²) in [4.78, 5) is 25.4. The maximum Gasteiger partial charge on any atom is 0.249 e. The van der Waals surface area contributed by atoms with E-state index in [-0.39, 0.29) is 16.9 Å². The molecule has 1 aromatic rings. The lowest BCUT2D eigenvalue weighted by molar-refractivity contribution is 0.0973. The number of carbonyl (C=O) groups is 2. The van der Waals surface area contributed by atoms with Gasteiger partial charge in [-0.25, -0.2) is 0 Å². The molecule has 0 radical (unpaired) electrons. The molecular weight excluding hydrogens is 156 g/mol. The molecule has 1 rings (SSSR count). The van der Waals surface area contributed by atoms with Gasteiger partial charge < -0.3 is 5.73 Å². The predicted molar refractivity (Wildman–Crippen MR) is 42.8 cm³/mol. The summed E-state index contributed by atoms with van der Waals surface area (Å²) in [5, 5.41) is 0. The highest BCUT2D eigenvalue weighted by Crippen LogP contribution is 2.05. The van der Waals surface area contributed by atoms with Crippen LogP contribution in [0.4, 0.5) is 0 Å². The molecule has 1 amide bonds. The molecule has 0 aliphatic carbocycles. The van der Waals surface area contributed by atoms with Crippen molar-refractivity contribution in [2.75, 3.05) is 0 Å². The average molecular weight is 164 g/mol. The maximum absolute atomic E-state index is 10.9. The Morgan fingerprint density at radius 1 is 1.42 bits per heavy atom. The topological polar surface area (TPSA) is 73.1 Å². The first-order valence-electron chi connectivity index (χ1n) is 3.37. The van der Waals surface area contributed by atoms with Gasteiger partial charge in [0.25, 0.3) is 0 Å². The molecule has 0 aromatic carbocycles. The SMILES string of the molecule is CC(=O)c1cnccc1C(N)=O. The van der Waals surface area contributed by atoms with E-state index in [2.05, 4.69) is 4.98 Å². The van der Waals surface area contributed by atoms with E-state index in [1.807, 2.05) is 0 Å². The lowest BCUT2D eigenvalue weighted by Gasteiger charge is -1.99. The number of pyridine rings is 1. The zero-order valence-corrected chi connectivity index (χ0v) is 6.57. The fourth-order valence-corrected chi connectivity index (χ4v) is 0.890. The third-order valence-corrected chi connectivity index (χ3v) is 1.47. The number of primary amides is 1. The fraction of sp³-hybridized carbons (Fsp3) is 0.125. The molecule has 12 heavy (non-hydrogen) atoms. The Hall–Kier alpha value is -1.71. The highest BCUT2D eigenvalue weighted by atomic mass is 16.1. The average Bonchev–Trinajstić information content (AvgIpc) is 2.04. The number of aromatic nitrogens is 1. The summed E-state index contributed by atoms with van der Waals surface area (Å²) in [6, 6.07) is 1.43. The number of carbonyl (C=O) groups excluding carboxylic acids is 2. The van der Waals surface area contributed by atoms with Crippen molar-refractivity contribution in [1.82, 2.24) is 4.98 Å². The minimum atomic E-state index is -0.609. The Balaban J connectivity index is 3.27. The second kappa shape index (κ2) is 3.13. The second-order valence-corrected chi connectivity index (χ2v) is 2.34. The first-order valence-corrected chi connectivity index (χ1v) is 3.37. The summed E-state index contributed by atoms with van der Waals surface area (Å²) in [6.45, 7) is 1.36. The van der Waals surface area contributed by atoms with Crippen molar-refractivity contribution in [1.29, 1.82) is 0 Å². The zero-order valence-electron chi connectivity index (χ0n) is 6.57. The molecule has 0 fully saturated rings. The van der Waals surface area contributed by atoms with Gasteiger partial charge in [0.2, 0.25) is 5.91 Å². The number of amides is 1. The van der Waals surface area contributed by atoms with Crippen molar-refractivity contribution >= 4 is 11.7 Å². The molecule has 0 aliphatic heterocycles. The van der Waals surface area contributed by atoms with E-state index >= 15 is 0 Å². The van der Waals surface area contributed by atoms with Gasteiger partial charge in [0.15, 0.2) is 5.78 Å². The van der Waals surface area contributed by atoms with Gasteiger partial charge in [0, 0.05) is 18.0 Å². The van der Waals surface area contributed by atoms with Crippen LogP contribution in [0, 0.1) is 0 Å². The number of hydrogen-bond acceptors (Lipinski definition) is 3. The van der Waals surface area contributed by atoms with Gasteiger partial charge in [-0.15, -0.1) is 0 Å². The number of nitrogens with zero attached hydrogens (tertiary/aromatic N) is 1. The number of nitrogens with two attached hydrogens (primary N) is 1. The van der Waals surface area contributed by atoms with Crippen molar-refractivity contribution in [2.24, 2.45) is 5.73 Å². The number of Topliss-reactive ketones (excluding diaryl/α,β-unsaturated/α-hetero) is 1. The normalized spacial score (nSPS) is 9.42. The number of rotatable bonds is 2. The smallest absolute Gasteiger partial charge is 0.249 e. The van der Waals surface area contributed by atoms with Gasteiger partial charge in [-0.05, 0) is 13.0 Å². The van der Waals surface area contributed by atoms with Crippen molar-refractivity contribution in [3.63, 3.8) is 0 Å². The van der Waals surface area contributed by atoms with E-state index in [4.69, 9.17) is 5.73 Å². The van der Waals surface area contributed by atoms with Crippen LogP contribution in [0.1, 0.15) is 27.6 Å². The summed E-state index contributed by atoms with van der Waals surface area (Å²) < 4.78 is 0. The Morgan fingerprint density at radius 2 is 2.08 bits per heavy atom. The summed E-state index contributed by atoms with van der Waals surface area (Å²) >= 11 is 0. The van der Waals surface area contributed by atoms with Gasteiger partial charge >= 0.3 is 0 Å². The molecule has 2 N–H and O–H groups in total. The molecule has 0 aliphatic rings. The first-order chi connectivity index (χ1) is 5.63. The predicted octanol–water partition coefficient (Wildman–Crippen LogP) is 0.383. The molecule has 62 valence electrons. The summed E-state index contributed by atoms with van der Waals surface area (Å²) in [7, 11) is 0. The van der Waals surface area contributed by atoms with Crippen LogP contribution in [0.15, 0.2) is 18.5 Å². The van der Waals surface area contributed by atoms with E-state index in [0.29, 0.717) is 0 Å². The van der Waals surface area contributed by atoms with Gasteiger partial charge in [-0.2, -0.15) is 0 Å². The molecule has 0 saturated heterocycles. The van der Waals surface area contributed by atoms with E-state index in [1.54, 1.807) is 0 Å². The zero-order chi connectivity index (χ0) is 9.14. The van der Waals surface area contributed by atoms with Crippen LogP contribution < -0.4 is 5.73 Å². The van der Waals surface area contributed by atoms with Crippen LogP contribution in [0.5, 0.6) is 0 Å². The molecule has 1 aromatic heterocycles. The second-order valence-electron chi connectivity index (χ2n) is 2.34. The highest BCUT2D eigenvalue weighted by Gasteiger charge is 2.10. The molecule has 1 heterocycles. The fourth-order valence-electron chi connectivity index (χ4n) is 0.890. The maximum atomic E-state index is 10.9. The monoisotopic (exact) mass is 164 g/mol. The standard InChI is InChI=1S/C8H8N2O2/c1-5(11)7-4-10-3-2-6(7)8(9)12/h2-4H,1H3,(H2,9,12). The summed E-state index contributed by atoms with van der Waals surface area (Å²) in [6.07, 6.45) is 2.76. The van der Waals surface area contributed by atoms with E-state index in [9.17, 15) is 9.59 Å². The lowest BCUT2D eigenvalue weighted by atomic mass is 10.1. The molecule has 0 unspecified atom stereocenters. The van der Waals surface area contributed by atoms with Crippen LogP contribution in [0.25, 0.3) is 0 Å². The Kier molecular flexibility index (Phi) is 2.19. The van der Waals surface area contributed by atoms with E-state index in [0.717, 1.165) is 0 Å². The van der Waals surface area contributed by atoms with Gasteiger partial charge in [0.1, 0.15) is 0 Å². The van der Waals surface area contributed by atoms with Gasteiger partial charge in [-0.3, -0.25) is 14.6 Å². The van der Waals surface area contributed by atoms with Crippen molar-refractivity contribution in [2.45, 2.75) is 6.92 Å². The Bertz CT molecular complexity index is 301. The quantitative estimate of drug-likeness (QED) is 0.642. The largest absolute Gasteiger partial charge is 0.366 e. The van der Waals surface area contributed by atoms with Gasteiger partial charge in [-0.1, -0.05) is 0 Å². The number of ketones is 1. The minimum Gasteiger partial charge on any atom is -0.366 e. The Labute approximate surface area is 69.4 Å². The number of hydrogen-bond donors (Lipinski definition) is 1. The summed E-state index contributed by atoms with van der Waals surface area (Å²) in [5.74, 6) is -0.820. The lowest BCUT2D eigenvalue weighted by Crippen LogP contribution is -2.15. The first kappa shape index (κ1) is 8.39. The van der Waals surface area contributed by atoms with Crippen LogP contribution in [0.2, 0.25) is 0 Å². The minimum absolute atomic E-state index is 0.211. The summed E-state index contributed by atoms with van der Waals surface area (Å²) in [5.41, 5.74) is 5.52. The van der Waals surface area contributed by atoms with Crippen LogP contribution in [-0.4, -0.2) is 16.7 Å². The van der Waals surface area contributed by atoms with Crippen LogP contribution in [0.3, 0.4) is 0 Å².